The van der Waals surface area contributed by atoms with Crippen LogP contribution in [0.1, 0.15) is 17.2 Å². The molecule has 0 amide bonds. The van der Waals surface area contributed by atoms with E-state index in [1.165, 1.54) is 0 Å². The van der Waals surface area contributed by atoms with E-state index in [1.54, 1.807) is 18.3 Å². The summed E-state index contributed by atoms with van der Waals surface area (Å²) in [5.74, 6) is 0.839. The number of nitriles is 1. The summed E-state index contributed by atoms with van der Waals surface area (Å²) in [6.45, 7) is 1.15. The van der Waals surface area contributed by atoms with E-state index < -0.39 is 6.17 Å². The first-order valence-electron chi connectivity index (χ1n) is 8.58. The van der Waals surface area contributed by atoms with Crippen molar-refractivity contribution in [2.75, 3.05) is 25.5 Å². The average molecular weight is 350 g/mol. The third-order valence-corrected chi connectivity index (χ3v) is 4.87. The molecule has 26 heavy (non-hydrogen) atoms. The Morgan fingerprint density at radius 3 is 2.85 bits per heavy atom. The second kappa shape index (κ2) is 6.77. The summed E-state index contributed by atoms with van der Waals surface area (Å²) in [5.41, 5.74) is 1.65. The highest BCUT2D eigenvalue weighted by Crippen LogP contribution is 2.31. The highest BCUT2D eigenvalue weighted by Gasteiger charge is 2.37. The second-order valence-electron chi connectivity index (χ2n) is 6.75. The molecule has 1 saturated heterocycles. The maximum Gasteiger partial charge on any atom is 0.204 e. The fourth-order valence-corrected chi connectivity index (χ4v) is 3.64. The molecule has 0 radical (unpaired) electrons. The van der Waals surface area contributed by atoms with Crippen molar-refractivity contribution in [3.63, 3.8) is 0 Å². The molecule has 2 aromatic heterocycles. The number of alkyl halides is 1. The van der Waals surface area contributed by atoms with Crippen LogP contribution in [0.4, 0.5) is 10.2 Å². The molecule has 1 aliphatic heterocycles. The highest BCUT2D eigenvalue weighted by atomic mass is 19.1. The number of aromatic nitrogens is 1. The van der Waals surface area contributed by atoms with Gasteiger partial charge in [-0.25, -0.2) is 9.37 Å². The number of hydrogen-bond donors (Lipinski definition) is 1. The van der Waals surface area contributed by atoms with E-state index in [2.05, 4.69) is 10.3 Å². The molecule has 3 atom stereocenters. The molecule has 3 heterocycles. The van der Waals surface area contributed by atoms with Gasteiger partial charge in [0.25, 0.3) is 0 Å². The molecule has 0 bridgehead atoms. The average Bonchev–Trinajstić information content (AvgIpc) is 3.07. The molecule has 132 valence electrons. The quantitative estimate of drug-likeness (QED) is 0.783. The minimum Gasteiger partial charge on any atom is -0.444 e. The molecule has 3 unspecified atom stereocenters. The Labute approximate surface area is 151 Å². The van der Waals surface area contributed by atoms with Crippen LogP contribution < -0.4 is 5.32 Å². The van der Waals surface area contributed by atoms with E-state index in [0.717, 1.165) is 17.5 Å². The Balaban J connectivity index is 1.64. The largest absolute Gasteiger partial charge is 0.444 e. The number of anilines is 1. The molecule has 0 spiro atoms. The van der Waals surface area contributed by atoms with Gasteiger partial charge in [-0.15, -0.1) is 0 Å². The number of likely N-dealkylation sites (tertiary alicyclic amines) is 1. The van der Waals surface area contributed by atoms with Crippen molar-refractivity contribution in [3.05, 3.63) is 60.0 Å². The van der Waals surface area contributed by atoms with E-state index in [-0.39, 0.29) is 17.7 Å². The minimum atomic E-state index is -1.02. The zero-order chi connectivity index (χ0) is 18.1. The molecule has 5 nitrogen and oxygen atoms in total. The first-order chi connectivity index (χ1) is 12.6. The molecular formula is C20H19FN4O. The lowest BCUT2D eigenvalue weighted by Crippen LogP contribution is -2.51. The van der Waals surface area contributed by atoms with Gasteiger partial charge in [0.2, 0.25) is 5.76 Å². The molecule has 1 fully saturated rings. The summed E-state index contributed by atoms with van der Waals surface area (Å²) < 4.78 is 20.3. The van der Waals surface area contributed by atoms with E-state index in [0.29, 0.717) is 17.9 Å². The molecule has 1 aliphatic rings. The van der Waals surface area contributed by atoms with Gasteiger partial charge in [-0.3, -0.25) is 0 Å². The molecule has 0 aliphatic carbocycles. The highest BCUT2D eigenvalue weighted by molar-refractivity contribution is 5.80. The number of pyridine rings is 1. The molecular weight excluding hydrogens is 331 g/mol. The van der Waals surface area contributed by atoms with Crippen molar-refractivity contribution >= 4 is 16.8 Å². The van der Waals surface area contributed by atoms with Gasteiger partial charge in [0.15, 0.2) is 5.58 Å². The zero-order valence-electron chi connectivity index (χ0n) is 14.4. The summed E-state index contributed by atoms with van der Waals surface area (Å²) in [6, 6.07) is 15.1. The summed E-state index contributed by atoms with van der Waals surface area (Å²) in [5, 5.41) is 13.0. The van der Waals surface area contributed by atoms with Gasteiger partial charge in [0.05, 0.1) is 12.2 Å². The lowest BCUT2D eigenvalue weighted by Gasteiger charge is -2.40. The van der Waals surface area contributed by atoms with Crippen molar-refractivity contribution in [1.29, 1.82) is 5.26 Å². The number of halogens is 1. The summed E-state index contributed by atoms with van der Waals surface area (Å²) in [4.78, 5) is 6.36. The number of rotatable bonds is 3. The maximum absolute atomic E-state index is 14.9. The van der Waals surface area contributed by atoms with Gasteiger partial charge >= 0.3 is 0 Å². The van der Waals surface area contributed by atoms with E-state index in [9.17, 15) is 4.39 Å². The van der Waals surface area contributed by atoms with Gasteiger partial charge in [-0.2, -0.15) is 5.26 Å². The maximum atomic E-state index is 14.9. The van der Waals surface area contributed by atoms with Crippen LogP contribution in [0.15, 0.2) is 53.1 Å². The van der Waals surface area contributed by atoms with Gasteiger partial charge in [0.1, 0.15) is 18.1 Å². The van der Waals surface area contributed by atoms with Crippen LogP contribution in [0.2, 0.25) is 0 Å². The van der Waals surface area contributed by atoms with Gasteiger partial charge in [0, 0.05) is 30.5 Å². The van der Waals surface area contributed by atoms with Crippen LogP contribution >= 0.6 is 0 Å². The summed E-state index contributed by atoms with van der Waals surface area (Å²) in [6.07, 6.45) is 0.550. The smallest absolute Gasteiger partial charge is 0.204 e. The summed E-state index contributed by atoms with van der Waals surface area (Å²) >= 11 is 0. The number of hydrogen-bond acceptors (Lipinski definition) is 5. The number of furan rings is 1. The van der Waals surface area contributed by atoms with Crippen LogP contribution in [0.5, 0.6) is 0 Å². The number of fused-ring (bicyclic) bond motifs is 1. The summed E-state index contributed by atoms with van der Waals surface area (Å²) in [7, 11) is 1.94. The number of benzene rings is 1. The molecule has 0 saturated carbocycles. The van der Waals surface area contributed by atoms with E-state index in [1.807, 2.05) is 48.3 Å². The fraction of sp³-hybridized carbons (Fsp3) is 0.300. The first kappa shape index (κ1) is 16.6. The van der Waals surface area contributed by atoms with Crippen molar-refractivity contribution < 1.29 is 8.81 Å². The monoisotopic (exact) mass is 350 g/mol. The SMILES string of the molecule is CN1CC(F)C(Nc2cc3cc(C#N)oc3cn2)C(c2ccccc2)C1. The lowest BCUT2D eigenvalue weighted by atomic mass is 9.85. The number of nitrogens with zero attached hydrogens (tertiary/aromatic N) is 3. The van der Waals surface area contributed by atoms with Crippen LogP contribution in [0, 0.1) is 11.3 Å². The van der Waals surface area contributed by atoms with Crippen LogP contribution in [-0.4, -0.2) is 42.2 Å². The van der Waals surface area contributed by atoms with Gasteiger partial charge < -0.3 is 14.6 Å². The van der Waals surface area contributed by atoms with Gasteiger partial charge in [-0.05, 0) is 18.7 Å². The normalized spacial score (nSPS) is 23.7. The first-order valence-corrected chi connectivity index (χ1v) is 8.58. The van der Waals surface area contributed by atoms with Crippen molar-refractivity contribution in [2.24, 2.45) is 0 Å². The Kier molecular flexibility index (Phi) is 4.31. The van der Waals surface area contributed by atoms with Crippen LogP contribution in [0.3, 0.4) is 0 Å². The topological polar surface area (TPSA) is 65.1 Å². The predicted octanol–water partition coefficient (Wildman–Crippen LogP) is 3.55. The number of likely N-dealkylation sites (N-methyl/N-ethyl adjacent to an activating group) is 1. The predicted molar refractivity (Wildman–Crippen MR) is 97.7 cm³/mol. The molecule has 6 heteroatoms. The third-order valence-electron chi connectivity index (χ3n) is 4.87. The number of piperidine rings is 1. The van der Waals surface area contributed by atoms with E-state index in [4.69, 9.17) is 9.68 Å². The Hall–Kier alpha value is -2.91. The van der Waals surface area contributed by atoms with Gasteiger partial charge in [-0.1, -0.05) is 30.3 Å². The van der Waals surface area contributed by atoms with Crippen molar-refractivity contribution in [1.82, 2.24) is 9.88 Å². The van der Waals surface area contributed by atoms with Crippen molar-refractivity contribution in [2.45, 2.75) is 18.1 Å². The standard InChI is InChI=1S/C20H19FN4O/c1-25-11-16(13-5-3-2-4-6-13)20(17(21)12-25)24-19-8-14-7-15(9-22)26-18(14)10-23-19/h2-8,10,16-17,20H,11-12H2,1H3,(H,23,24). The molecule has 4 rings (SSSR count). The number of nitrogens with one attached hydrogen (secondary N) is 1. The Bertz CT molecular complexity index is 949. The van der Waals surface area contributed by atoms with Crippen LogP contribution in [-0.2, 0) is 0 Å². The molecule has 3 aromatic rings. The minimum absolute atomic E-state index is 0.0152. The third kappa shape index (κ3) is 3.14. The second-order valence-corrected chi connectivity index (χ2v) is 6.75. The van der Waals surface area contributed by atoms with E-state index >= 15 is 0 Å². The Morgan fingerprint density at radius 1 is 1.27 bits per heavy atom. The fourth-order valence-electron chi connectivity index (χ4n) is 3.64. The lowest BCUT2D eigenvalue weighted by molar-refractivity contribution is 0.130. The molecule has 1 aromatic carbocycles. The molecule has 1 N–H and O–H groups in total. The zero-order valence-corrected chi connectivity index (χ0v) is 14.4. The van der Waals surface area contributed by atoms with Crippen molar-refractivity contribution in [3.8, 4) is 6.07 Å². The Morgan fingerprint density at radius 2 is 2.08 bits per heavy atom. The van der Waals surface area contributed by atoms with Crippen LogP contribution in [0.25, 0.3) is 11.0 Å².